The van der Waals surface area contributed by atoms with Gasteiger partial charge in [0.05, 0.1) is 5.38 Å². The molecule has 0 N–H and O–H groups in total. The van der Waals surface area contributed by atoms with E-state index in [2.05, 4.69) is 32.4 Å². The highest BCUT2D eigenvalue weighted by atomic mass is 79.9. The summed E-state index contributed by atoms with van der Waals surface area (Å²) in [5.41, 5.74) is 1.88. The largest absolute Gasteiger partial charge is 0.311 e. The first-order valence-corrected chi connectivity index (χ1v) is 8.95. The Morgan fingerprint density at radius 2 is 2.19 bits per heavy atom. The standard InChI is InChI=1S/C16H21BrClN3/c1-10-5-3-4-6-12(10)9-21-15(11(2)18)20-14-7-13(17)8-19-16(14)21/h7-8,10-12H,3-6,9H2,1-2H3. The first-order chi connectivity index (χ1) is 10.1. The van der Waals surface area contributed by atoms with E-state index in [0.29, 0.717) is 5.92 Å². The van der Waals surface area contributed by atoms with E-state index in [4.69, 9.17) is 16.6 Å². The van der Waals surface area contributed by atoms with Gasteiger partial charge < -0.3 is 4.57 Å². The first kappa shape index (κ1) is 15.3. The predicted octanol–water partition coefficient (Wildman–Crippen LogP) is 5.32. The van der Waals surface area contributed by atoms with Gasteiger partial charge in [0.15, 0.2) is 5.65 Å². The second kappa shape index (κ2) is 6.25. The van der Waals surface area contributed by atoms with Gasteiger partial charge in [0, 0.05) is 17.2 Å². The number of fused-ring (bicyclic) bond motifs is 1. The molecule has 0 bridgehead atoms. The molecule has 0 spiro atoms. The molecule has 21 heavy (non-hydrogen) atoms. The van der Waals surface area contributed by atoms with Crippen molar-refractivity contribution >= 4 is 38.7 Å². The van der Waals surface area contributed by atoms with Crippen molar-refractivity contribution in [2.75, 3.05) is 0 Å². The molecule has 1 aliphatic rings. The summed E-state index contributed by atoms with van der Waals surface area (Å²) in [6, 6.07) is 2.02. The molecule has 1 saturated carbocycles. The highest BCUT2D eigenvalue weighted by molar-refractivity contribution is 9.10. The molecule has 3 unspecified atom stereocenters. The summed E-state index contributed by atoms with van der Waals surface area (Å²) in [5.74, 6) is 2.41. The fourth-order valence-corrected chi connectivity index (χ4v) is 3.87. The fourth-order valence-electron chi connectivity index (χ4n) is 3.39. The van der Waals surface area contributed by atoms with Crippen LogP contribution in [0.5, 0.6) is 0 Å². The van der Waals surface area contributed by atoms with Crippen LogP contribution in [0.4, 0.5) is 0 Å². The molecule has 1 aliphatic carbocycles. The minimum absolute atomic E-state index is 0.100. The van der Waals surface area contributed by atoms with Crippen LogP contribution >= 0.6 is 27.5 Å². The summed E-state index contributed by atoms with van der Waals surface area (Å²) in [6.07, 6.45) is 7.18. The van der Waals surface area contributed by atoms with E-state index in [0.717, 1.165) is 33.9 Å². The smallest absolute Gasteiger partial charge is 0.160 e. The summed E-state index contributed by atoms with van der Waals surface area (Å²) in [5, 5.41) is -0.100. The second-order valence-corrected chi connectivity index (χ2v) is 7.79. The third-order valence-corrected chi connectivity index (χ3v) is 5.27. The molecular weight excluding hydrogens is 350 g/mol. The molecular formula is C16H21BrClN3. The number of aromatic nitrogens is 3. The quantitative estimate of drug-likeness (QED) is 0.685. The van der Waals surface area contributed by atoms with E-state index < -0.39 is 0 Å². The molecule has 0 saturated heterocycles. The fraction of sp³-hybridized carbons (Fsp3) is 0.625. The molecule has 2 aromatic rings. The van der Waals surface area contributed by atoms with Gasteiger partial charge in [-0.1, -0.05) is 26.2 Å². The van der Waals surface area contributed by atoms with Crippen molar-refractivity contribution in [2.45, 2.75) is 51.5 Å². The molecule has 3 atom stereocenters. The minimum atomic E-state index is -0.100. The summed E-state index contributed by atoms with van der Waals surface area (Å²) in [7, 11) is 0. The van der Waals surface area contributed by atoms with Crippen molar-refractivity contribution in [2.24, 2.45) is 11.8 Å². The summed E-state index contributed by atoms with van der Waals surface area (Å²) in [6.45, 7) is 5.34. The Labute approximate surface area is 139 Å². The number of halogens is 2. The minimum Gasteiger partial charge on any atom is -0.311 e. The lowest BCUT2D eigenvalue weighted by molar-refractivity contribution is 0.228. The first-order valence-electron chi connectivity index (χ1n) is 7.72. The number of hydrogen-bond acceptors (Lipinski definition) is 2. The normalized spacial score (nSPS) is 24.4. The van der Waals surface area contributed by atoms with Crippen molar-refractivity contribution < 1.29 is 0 Å². The number of nitrogens with zero attached hydrogens (tertiary/aromatic N) is 3. The molecule has 0 amide bonds. The molecule has 5 heteroatoms. The Morgan fingerprint density at radius 1 is 1.43 bits per heavy atom. The van der Waals surface area contributed by atoms with Gasteiger partial charge in [0.25, 0.3) is 0 Å². The number of hydrogen-bond donors (Lipinski definition) is 0. The van der Waals surface area contributed by atoms with Gasteiger partial charge in [-0.25, -0.2) is 9.97 Å². The van der Waals surface area contributed by atoms with Gasteiger partial charge in [0.2, 0.25) is 0 Å². The molecule has 0 aromatic carbocycles. The molecule has 0 aliphatic heterocycles. The van der Waals surface area contributed by atoms with E-state index in [1.165, 1.54) is 25.7 Å². The van der Waals surface area contributed by atoms with Crippen molar-refractivity contribution in [1.29, 1.82) is 0 Å². The van der Waals surface area contributed by atoms with Gasteiger partial charge in [-0.2, -0.15) is 0 Å². The number of alkyl halides is 1. The average Bonchev–Trinajstić information content (AvgIpc) is 2.79. The lowest BCUT2D eigenvalue weighted by atomic mass is 9.80. The molecule has 0 radical (unpaired) electrons. The van der Waals surface area contributed by atoms with Crippen LogP contribution in [-0.2, 0) is 6.54 Å². The monoisotopic (exact) mass is 369 g/mol. The van der Waals surface area contributed by atoms with Crippen LogP contribution < -0.4 is 0 Å². The van der Waals surface area contributed by atoms with Crippen molar-refractivity contribution in [1.82, 2.24) is 14.5 Å². The van der Waals surface area contributed by atoms with Crippen LogP contribution in [0.2, 0.25) is 0 Å². The van der Waals surface area contributed by atoms with Crippen LogP contribution in [-0.4, -0.2) is 14.5 Å². The van der Waals surface area contributed by atoms with E-state index in [1.807, 2.05) is 19.2 Å². The SMILES string of the molecule is CC(Cl)c1nc2cc(Br)cnc2n1CC1CCCCC1C. The van der Waals surface area contributed by atoms with Gasteiger partial charge in [-0.15, -0.1) is 11.6 Å². The van der Waals surface area contributed by atoms with Crippen molar-refractivity contribution in [3.05, 3.63) is 22.6 Å². The number of pyridine rings is 1. The molecule has 114 valence electrons. The third-order valence-electron chi connectivity index (χ3n) is 4.64. The van der Waals surface area contributed by atoms with Crippen LogP contribution in [0.25, 0.3) is 11.2 Å². The van der Waals surface area contributed by atoms with Crippen molar-refractivity contribution in [3.8, 4) is 0 Å². The molecule has 2 aromatic heterocycles. The molecule has 2 heterocycles. The second-order valence-electron chi connectivity index (χ2n) is 6.21. The highest BCUT2D eigenvalue weighted by Crippen LogP contribution is 2.33. The number of imidazole rings is 1. The zero-order chi connectivity index (χ0) is 15.0. The molecule has 1 fully saturated rings. The zero-order valence-electron chi connectivity index (χ0n) is 12.5. The summed E-state index contributed by atoms with van der Waals surface area (Å²) >= 11 is 9.82. The average molecular weight is 371 g/mol. The van der Waals surface area contributed by atoms with Gasteiger partial charge in [-0.3, -0.25) is 0 Å². The van der Waals surface area contributed by atoms with E-state index in [-0.39, 0.29) is 5.38 Å². The van der Waals surface area contributed by atoms with E-state index >= 15 is 0 Å². The summed E-state index contributed by atoms with van der Waals surface area (Å²) < 4.78 is 3.20. The van der Waals surface area contributed by atoms with E-state index in [1.54, 1.807) is 0 Å². The Kier molecular flexibility index (Phi) is 4.55. The topological polar surface area (TPSA) is 30.7 Å². The van der Waals surface area contributed by atoms with Gasteiger partial charge in [-0.05, 0) is 47.2 Å². The highest BCUT2D eigenvalue weighted by Gasteiger charge is 2.25. The maximum Gasteiger partial charge on any atom is 0.160 e. The Bertz CT molecular complexity index is 638. The van der Waals surface area contributed by atoms with Crippen LogP contribution in [0.3, 0.4) is 0 Å². The van der Waals surface area contributed by atoms with Crippen molar-refractivity contribution in [3.63, 3.8) is 0 Å². The van der Waals surface area contributed by atoms with Crippen LogP contribution in [0.15, 0.2) is 16.7 Å². The zero-order valence-corrected chi connectivity index (χ0v) is 14.9. The van der Waals surface area contributed by atoms with E-state index in [9.17, 15) is 0 Å². The van der Waals surface area contributed by atoms with Gasteiger partial charge >= 0.3 is 0 Å². The van der Waals surface area contributed by atoms with Crippen LogP contribution in [0, 0.1) is 11.8 Å². The number of rotatable bonds is 3. The lowest BCUT2D eigenvalue weighted by Gasteiger charge is -2.29. The Hall–Kier alpha value is -0.610. The van der Waals surface area contributed by atoms with Crippen LogP contribution in [0.1, 0.15) is 50.7 Å². The lowest BCUT2D eigenvalue weighted by Crippen LogP contribution is -2.23. The maximum atomic E-state index is 6.35. The van der Waals surface area contributed by atoms with Gasteiger partial charge in [0.1, 0.15) is 11.3 Å². The summed E-state index contributed by atoms with van der Waals surface area (Å²) in [4.78, 5) is 9.27. The third kappa shape index (κ3) is 3.11. The maximum absolute atomic E-state index is 6.35. The Morgan fingerprint density at radius 3 is 2.90 bits per heavy atom. The molecule has 3 rings (SSSR count). The predicted molar refractivity (Wildman–Crippen MR) is 90.6 cm³/mol. The molecule has 3 nitrogen and oxygen atoms in total. The Balaban J connectivity index is 2.00.